The number of benzene rings is 3. The van der Waals surface area contributed by atoms with E-state index < -0.39 is 27.7 Å². The SMILES string of the molecule is COc1ccc(-c2cccc(C(=O)O)c2)cc1S(=O)(=O)Nc1cccc(NCCN(C)C(=O)OC(C)(C)C)c1. The number of carboxylic acid groups (broad SMARTS) is 1. The minimum Gasteiger partial charge on any atom is -0.495 e. The first kappa shape index (κ1) is 29.3. The van der Waals surface area contributed by atoms with Gasteiger partial charge in [-0.1, -0.05) is 24.3 Å². The van der Waals surface area contributed by atoms with Gasteiger partial charge in [0.05, 0.1) is 18.4 Å². The highest BCUT2D eigenvalue weighted by Gasteiger charge is 2.22. The van der Waals surface area contributed by atoms with Gasteiger partial charge in [0.2, 0.25) is 0 Å². The van der Waals surface area contributed by atoms with E-state index in [-0.39, 0.29) is 16.2 Å². The predicted octanol–water partition coefficient (Wildman–Crippen LogP) is 5.14. The van der Waals surface area contributed by atoms with E-state index in [4.69, 9.17) is 9.47 Å². The van der Waals surface area contributed by atoms with Gasteiger partial charge in [-0.2, -0.15) is 0 Å². The number of aromatic carboxylic acids is 1. The second-order valence-electron chi connectivity index (χ2n) is 9.77. The summed E-state index contributed by atoms with van der Waals surface area (Å²) in [5, 5.41) is 12.5. The summed E-state index contributed by atoms with van der Waals surface area (Å²) in [6.07, 6.45) is -0.434. The molecule has 0 aliphatic heterocycles. The number of carbonyl (C=O) groups excluding carboxylic acids is 1. The number of likely N-dealkylation sites (N-methyl/N-ethyl adjacent to an activating group) is 1. The van der Waals surface area contributed by atoms with Crippen LogP contribution in [0.5, 0.6) is 5.75 Å². The average molecular weight is 556 g/mol. The van der Waals surface area contributed by atoms with Crippen LogP contribution in [-0.2, 0) is 14.8 Å². The third-order valence-corrected chi connectivity index (χ3v) is 6.89. The molecule has 208 valence electrons. The maximum Gasteiger partial charge on any atom is 0.410 e. The van der Waals surface area contributed by atoms with E-state index in [2.05, 4.69) is 10.0 Å². The highest BCUT2D eigenvalue weighted by Crippen LogP contribution is 2.32. The molecule has 39 heavy (non-hydrogen) atoms. The van der Waals surface area contributed by atoms with Crippen LogP contribution in [0.4, 0.5) is 16.2 Å². The average Bonchev–Trinajstić information content (AvgIpc) is 2.87. The van der Waals surface area contributed by atoms with Crippen LogP contribution in [0.1, 0.15) is 31.1 Å². The molecule has 0 saturated carbocycles. The molecular formula is C28H33N3O7S. The molecule has 3 N–H and O–H groups in total. The molecule has 10 nitrogen and oxygen atoms in total. The van der Waals surface area contributed by atoms with E-state index in [1.54, 1.807) is 70.3 Å². The Morgan fingerprint density at radius 3 is 2.28 bits per heavy atom. The van der Waals surface area contributed by atoms with Gasteiger partial charge in [-0.3, -0.25) is 4.72 Å². The summed E-state index contributed by atoms with van der Waals surface area (Å²) in [6.45, 7) is 6.18. The molecule has 0 fully saturated rings. The quantitative estimate of drug-likeness (QED) is 0.313. The zero-order valence-corrected chi connectivity index (χ0v) is 23.3. The molecule has 0 spiro atoms. The Kier molecular flexibility index (Phi) is 9.08. The van der Waals surface area contributed by atoms with Crippen LogP contribution in [0.3, 0.4) is 0 Å². The summed E-state index contributed by atoms with van der Waals surface area (Å²) in [6, 6.07) is 17.6. The number of carbonyl (C=O) groups is 2. The van der Waals surface area contributed by atoms with Crippen molar-refractivity contribution in [2.75, 3.05) is 37.3 Å². The summed E-state index contributed by atoms with van der Waals surface area (Å²) in [5.41, 5.74) is 1.54. The van der Waals surface area contributed by atoms with E-state index in [1.807, 2.05) is 0 Å². The lowest BCUT2D eigenvalue weighted by atomic mass is 10.0. The Bertz CT molecular complexity index is 1450. The Balaban J connectivity index is 1.76. The fourth-order valence-corrected chi connectivity index (χ4v) is 4.85. The van der Waals surface area contributed by atoms with Gasteiger partial charge in [0, 0.05) is 25.8 Å². The van der Waals surface area contributed by atoms with Crippen LogP contribution in [0.25, 0.3) is 11.1 Å². The van der Waals surface area contributed by atoms with Crippen molar-refractivity contribution in [3.05, 3.63) is 72.3 Å². The van der Waals surface area contributed by atoms with E-state index in [1.165, 1.54) is 36.3 Å². The van der Waals surface area contributed by atoms with Gasteiger partial charge in [-0.25, -0.2) is 18.0 Å². The van der Waals surface area contributed by atoms with Crippen LogP contribution in [0.15, 0.2) is 71.6 Å². The molecule has 0 heterocycles. The molecule has 1 amide bonds. The van der Waals surface area contributed by atoms with Crippen molar-refractivity contribution >= 4 is 33.5 Å². The lowest BCUT2D eigenvalue weighted by Gasteiger charge is -2.24. The normalized spacial score (nSPS) is 11.4. The Hall–Kier alpha value is -4.25. The molecule has 3 rings (SSSR count). The molecule has 3 aromatic carbocycles. The first-order valence-corrected chi connectivity index (χ1v) is 13.6. The summed E-state index contributed by atoms with van der Waals surface area (Å²) in [4.78, 5) is 24.8. The van der Waals surface area contributed by atoms with Crippen molar-refractivity contribution in [2.24, 2.45) is 0 Å². The van der Waals surface area contributed by atoms with Crippen molar-refractivity contribution in [2.45, 2.75) is 31.3 Å². The Labute approximate surface area is 228 Å². The van der Waals surface area contributed by atoms with Gasteiger partial charge in [0.15, 0.2) is 0 Å². The maximum absolute atomic E-state index is 13.4. The monoisotopic (exact) mass is 555 g/mol. The predicted molar refractivity (Wildman–Crippen MR) is 150 cm³/mol. The number of hydrogen-bond donors (Lipinski definition) is 3. The molecule has 0 atom stereocenters. The number of ether oxygens (including phenoxy) is 2. The van der Waals surface area contributed by atoms with Crippen LogP contribution in [0, 0.1) is 0 Å². The minimum atomic E-state index is -4.08. The van der Waals surface area contributed by atoms with Crippen LogP contribution in [-0.4, -0.2) is 63.3 Å². The summed E-state index contributed by atoms with van der Waals surface area (Å²) in [7, 11) is -1.07. The van der Waals surface area contributed by atoms with Crippen molar-refractivity contribution < 1.29 is 32.6 Å². The number of carboxylic acids is 1. The smallest absolute Gasteiger partial charge is 0.410 e. The number of amides is 1. The van der Waals surface area contributed by atoms with Gasteiger partial charge >= 0.3 is 12.1 Å². The van der Waals surface area contributed by atoms with E-state index in [0.29, 0.717) is 35.6 Å². The lowest BCUT2D eigenvalue weighted by molar-refractivity contribution is 0.0305. The fraction of sp³-hybridized carbons (Fsp3) is 0.286. The van der Waals surface area contributed by atoms with E-state index in [0.717, 1.165) is 0 Å². The Morgan fingerprint density at radius 1 is 0.949 bits per heavy atom. The number of hydrogen-bond acceptors (Lipinski definition) is 7. The minimum absolute atomic E-state index is 0.0902. The summed E-state index contributed by atoms with van der Waals surface area (Å²) >= 11 is 0. The van der Waals surface area contributed by atoms with E-state index >= 15 is 0 Å². The van der Waals surface area contributed by atoms with Crippen molar-refractivity contribution in [1.82, 2.24) is 4.90 Å². The fourth-order valence-electron chi connectivity index (χ4n) is 3.60. The van der Waals surface area contributed by atoms with E-state index in [9.17, 15) is 23.1 Å². The van der Waals surface area contributed by atoms with Gasteiger partial charge < -0.3 is 24.8 Å². The maximum atomic E-state index is 13.4. The zero-order chi connectivity index (χ0) is 28.8. The first-order chi connectivity index (χ1) is 18.3. The number of rotatable bonds is 10. The summed E-state index contributed by atoms with van der Waals surface area (Å²) in [5.74, 6) is -0.940. The van der Waals surface area contributed by atoms with Crippen molar-refractivity contribution in [1.29, 1.82) is 0 Å². The molecule has 0 bridgehead atoms. The highest BCUT2D eigenvalue weighted by molar-refractivity contribution is 7.92. The van der Waals surface area contributed by atoms with Gasteiger partial charge in [-0.05, 0) is 74.4 Å². The molecule has 0 aliphatic carbocycles. The molecule has 0 saturated heterocycles. The van der Waals surface area contributed by atoms with Crippen LogP contribution in [0.2, 0.25) is 0 Å². The molecule has 3 aromatic rings. The molecule has 0 radical (unpaired) electrons. The largest absolute Gasteiger partial charge is 0.495 e. The number of sulfonamides is 1. The molecule has 0 unspecified atom stereocenters. The third-order valence-electron chi connectivity index (χ3n) is 5.49. The molecule has 11 heteroatoms. The van der Waals surface area contributed by atoms with Gasteiger partial charge in [0.25, 0.3) is 10.0 Å². The van der Waals surface area contributed by atoms with Gasteiger partial charge in [-0.15, -0.1) is 0 Å². The van der Waals surface area contributed by atoms with Crippen LogP contribution < -0.4 is 14.8 Å². The number of nitrogens with zero attached hydrogens (tertiary/aromatic N) is 1. The lowest BCUT2D eigenvalue weighted by Crippen LogP contribution is -2.36. The second-order valence-corrected chi connectivity index (χ2v) is 11.4. The molecule has 0 aromatic heterocycles. The molecule has 0 aliphatic rings. The standard InChI is InChI=1S/C28H33N3O7S/c1-28(2,3)38-27(34)31(4)15-14-29-22-10-7-11-23(18-22)30-39(35,36)25-17-20(12-13-24(25)37-5)19-8-6-9-21(16-19)26(32)33/h6-13,16-18,29-30H,14-15H2,1-5H3,(H,32,33). The summed E-state index contributed by atoms with van der Waals surface area (Å²) < 4.78 is 40.0. The second kappa shape index (κ2) is 12.1. The number of anilines is 2. The molecular weight excluding hydrogens is 522 g/mol. The van der Waals surface area contributed by atoms with Gasteiger partial charge in [0.1, 0.15) is 16.2 Å². The van der Waals surface area contributed by atoms with Crippen LogP contribution >= 0.6 is 0 Å². The third kappa shape index (κ3) is 8.11. The first-order valence-electron chi connectivity index (χ1n) is 12.1. The van der Waals surface area contributed by atoms with Crippen molar-refractivity contribution in [3.8, 4) is 16.9 Å². The number of methoxy groups -OCH3 is 1. The topological polar surface area (TPSA) is 134 Å². The highest BCUT2D eigenvalue weighted by atomic mass is 32.2. The zero-order valence-electron chi connectivity index (χ0n) is 22.5. The number of nitrogens with one attached hydrogen (secondary N) is 2. The van der Waals surface area contributed by atoms with Crippen molar-refractivity contribution in [3.63, 3.8) is 0 Å². The Morgan fingerprint density at radius 2 is 1.62 bits per heavy atom.